The molecule has 3 rings (SSSR count). The molecule has 3 aromatic carbocycles. The Hall–Kier alpha value is -2.76. The van der Waals surface area contributed by atoms with Gasteiger partial charge >= 0.3 is 0 Å². The monoisotopic (exact) mass is 432 g/mol. The topological polar surface area (TPSA) is 47.9 Å². The number of hydrogen-bond acceptors (Lipinski definition) is 4. The zero-order valence-electron chi connectivity index (χ0n) is 18.5. The fourth-order valence-corrected chi connectivity index (χ4v) is 3.37. The Kier molecular flexibility index (Phi) is 10.2. The van der Waals surface area contributed by atoms with E-state index < -0.39 is 18.3 Å². The molecule has 32 heavy (non-hydrogen) atoms. The van der Waals surface area contributed by atoms with Crippen LogP contribution in [0.5, 0.6) is 0 Å². The third-order valence-corrected chi connectivity index (χ3v) is 5.06. The quantitative estimate of drug-likeness (QED) is 0.372. The summed E-state index contributed by atoms with van der Waals surface area (Å²) in [6.45, 7) is 3.33. The Labute approximate surface area is 191 Å². The number of hydrogen-bond donors (Lipinski definition) is 1. The lowest BCUT2D eigenvalue weighted by atomic mass is 10.1. The van der Waals surface area contributed by atoms with Gasteiger partial charge in [-0.2, -0.15) is 0 Å². The first-order valence-corrected chi connectivity index (χ1v) is 11.0. The van der Waals surface area contributed by atoms with Crippen molar-refractivity contribution < 1.29 is 19.3 Å². The second kappa shape index (κ2) is 13.6. The van der Waals surface area contributed by atoms with Gasteiger partial charge in [0.25, 0.3) is 0 Å². The molecule has 3 atom stereocenters. The third-order valence-electron chi connectivity index (χ3n) is 5.06. The van der Waals surface area contributed by atoms with E-state index in [1.807, 2.05) is 110 Å². The van der Waals surface area contributed by atoms with Crippen LogP contribution in [0.1, 0.15) is 23.6 Å². The predicted molar refractivity (Wildman–Crippen MR) is 127 cm³/mol. The summed E-state index contributed by atoms with van der Waals surface area (Å²) in [4.78, 5) is 0. The Morgan fingerprint density at radius 1 is 0.688 bits per heavy atom. The van der Waals surface area contributed by atoms with Crippen LogP contribution in [-0.4, -0.2) is 30.0 Å². The maximum Gasteiger partial charge on any atom is 0.116 e. The van der Waals surface area contributed by atoms with Crippen LogP contribution in [0.15, 0.2) is 103 Å². The van der Waals surface area contributed by atoms with Gasteiger partial charge in [0.15, 0.2) is 0 Å². The summed E-state index contributed by atoms with van der Waals surface area (Å²) in [7, 11) is 0. The van der Waals surface area contributed by atoms with Crippen LogP contribution in [-0.2, 0) is 34.0 Å². The van der Waals surface area contributed by atoms with Gasteiger partial charge in [-0.25, -0.2) is 0 Å². The summed E-state index contributed by atoms with van der Waals surface area (Å²) >= 11 is 0. The highest BCUT2D eigenvalue weighted by atomic mass is 16.6. The average molecular weight is 433 g/mol. The standard InChI is InChI=1S/C28H32O4/c1-2-12-27(31-20-24-15-8-4-9-16-24)28(32-21-25-17-10-5-11-18-25)26(29)22-30-19-23-13-6-3-7-14-23/h2-18,26-29H,19-22H2,1H3/b12-2-/t26-,27+,28+/m1/s1. The molecule has 0 saturated heterocycles. The van der Waals surface area contributed by atoms with Crippen LogP contribution in [0.4, 0.5) is 0 Å². The van der Waals surface area contributed by atoms with Gasteiger partial charge in [0, 0.05) is 0 Å². The van der Waals surface area contributed by atoms with Crippen LogP contribution in [0.3, 0.4) is 0 Å². The van der Waals surface area contributed by atoms with Crippen molar-refractivity contribution in [3.05, 3.63) is 120 Å². The van der Waals surface area contributed by atoms with Crippen molar-refractivity contribution in [2.24, 2.45) is 0 Å². The molecule has 0 aromatic heterocycles. The highest BCUT2D eigenvalue weighted by Crippen LogP contribution is 2.17. The molecule has 0 bridgehead atoms. The Morgan fingerprint density at radius 2 is 1.16 bits per heavy atom. The van der Waals surface area contributed by atoms with Crippen LogP contribution in [0, 0.1) is 0 Å². The molecule has 4 heteroatoms. The van der Waals surface area contributed by atoms with E-state index in [4.69, 9.17) is 14.2 Å². The van der Waals surface area contributed by atoms with E-state index >= 15 is 0 Å². The molecule has 0 aliphatic carbocycles. The number of aliphatic hydroxyl groups is 1. The maximum absolute atomic E-state index is 11.0. The Morgan fingerprint density at radius 3 is 1.66 bits per heavy atom. The summed E-state index contributed by atoms with van der Waals surface area (Å²) in [6.07, 6.45) is 2.01. The first kappa shape index (κ1) is 23.9. The smallest absolute Gasteiger partial charge is 0.116 e. The molecular weight excluding hydrogens is 400 g/mol. The molecule has 0 fully saturated rings. The van der Waals surface area contributed by atoms with E-state index in [2.05, 4.69) is 0 Å². The van der Waals surface area contributed by atoms with E-state index in [0.29, 0.717) is 19.8 Å². The van der Waals surface area contributed by atoms with Crippen molar-refractivity contribution in [3.8, 4) is 0 Å². The lowest BCUT2D eigenvalue weighted by Gasteiger charge is -2.29. The van der Waals surface area contributed by atoms with Gasteiger partial charge in [-0.05, 0) is 23.6 Å². The van der Waals surface area contributed by atoms with Crippen molar-refractivity contribution >= 4 is 0 Å². The lowest BCUT2D eigenvalue weighted by molar-refractivity contribution is -0.133. The fraction of sp³-hybridized carbons (Fsp3) is 0.286. The molecule has 1 N–H and O–H groups in total. The average Bonchev–Trinajstić information content (AvgIpc) is 2.84. The van der Waals surface area contributed by atoms with E-state index in [1.54, 1.807) is 0 Å². The highest BCUT2D eigenvalue weighted by Gasteiger charge is 2.29. The number of ether oxygens (including phenoxy) is 3. The van der Waals surface area contributed by atoms with Crippen LogP contribution >= 0.6 is 0 Å². The van der Waals surface area contributed by atoms with Gasteiger partial charge in [-0.3, -0.25) is 0 Å². The maximum atomic E-state index is 11.0. The van der Waals surface area contributed by atoms with E-state index in [9.17, 15) is 5.11 Å². The van der Waals surface area contributed by atoms with Gasteiger partial charge in [0.1, 0.15) is 18.3 Å². The van der Waals surface area contributed by atoms with E-state index in [1.165, 1.54) is 0 Å². The summed E-state index contributed by atoms with van der Waals surface area (Å²) in [6, 6.07) is 29.8. The van der Waals surface area contributed by atoms with Crippen molar-refractivity contribution in [1.82, 2.24) is 0 Å². The van der Waals surface area contributed by atoms with Crippen molar-refractivity contribution in [1.29, 1.82) is 0 Å². The second-order valence-corrected chi connectivity index (χ2v) is 7.62. The molecule has 4 nitrogen and oxygen atoms in total. The summed E-state index contributed by atoms with van der Waals surface area (Å²) in [5.74, 6) is 0. The molecule has 0 saturated carbocycles. The largest absolute Gasteiger partial charge is 0.388 e. The molecule has 0 spiro atoms. The highest BCUT2D eigenvalue weighted by molar-refractivity contribution is 5.15. The fourth-order valence-electron chi connectivity index (χ4n) is 3.37. The second-order valence-electron chi connectivity index (χ2n) is 7.62. The predicted octanol–water partition coefficient (Wildman–Crippen LogP) is 5.31. The third kappa shape index (κ3) is 8.06. The Balaban J connectivity index is 1.66. The SMILES string of the molecule is C/C=C\[C@H](OCc1ccccc1)[C@@H](OCc1ccccc1)[C@H](O)COCc1ccccc1. The van der Waals surface area contributed by atoms with Crippen molar-refractivity contribution in [2.45, 2.75) is 45.1 Å². The van der Waals surface area contributed by atoms with Crippen LogP contribution < -0.4 is 0 Å². The minimum atomic E-state index is -0.848. The normalized spacial score (nSPS) is 14.3. The lowest BCUT2D eigenvalue weighted by Crippen LogP contribution is -2.42. The van der Waals surface area contributed by atoms with Crippen molar-refractivity contribution in [3.63, 3.8) is 0 Å². The minimum absolute atomic E-state index is 0.150. The first-order chi connectivity index (χ1) is 15.8. The van der Waals surface area contributed by atoms with E-state index in [0.717, 1.165) is 16.7 Å². The van der Waals surface area contributed by atoms with Crippen LogP contribution in [0.2, 0.25) is 0 Å². The first-order valence-electron chi connectivity index (χ1n) is 11.0. The van der Waals surface area contributed by atoms with Gasteiger partial charge in [-0.15, -0.1) is 0 Å². The molecular formula is C28H32O4. The zero-order valence-corrected chi connectivity index (χ0v) is 18.5. The number of rotatable bonds is 13. The van der Waals surface area contributed by atoms with E-state index in [-0.39, 0.29) is 6.61 Å². The number of aliphatic hydroxyl groups excluding tert-OH is 1. The van der Waals surface area contributed by atoms with Crippen molar-refractivity contribution in [2.75, 3.05) is 6.61 Å². The van der Waals surface area contributed by atoms with Gasteiger partial charge in [-0.1, -0.05) is 103 Å². The van der Waals surface area contributed by atoms with Gasteiger partial charge < -0.3 is 19.3 Å². The van der Waals surface area contributed by atoms with Gasteiger partial charge in [0.05, 0.1) is 26.4 Å². The number of benzene rings is 3. The molecule has 0 unspecified atom stereocenters. The minimum Gasteiger partial charge on any atom is -0.388 e. The zero-order chi connectivity index (χ0) is 22.4. The molecule has 0 aliphatic rings. The molecule has 0 heterocycles. The number of allylic oxidation sites excluding steroid dienone is 1. The van der Waals surface area contributed by atoms with Crippen LogP contribution in [0.25, 0.3) is 0 Å². The van der Waals surface area contributed by atoms with Gasteiger partial charge in [0.2, 0.25) is 0 Å². The molecule has 0 aliphatic heterocycles. The molecule has 168 valence electrons. The molecule has 0 amide bonds. The summed E-state index contributed by atoms with van der Waals surface area (Å²) in [5, 5.41) is 11.0. The Bertz CT molecular complexity index is 896. The summed E-state index contributed by atoms with van der Waals surface area (Å²) < 4.78 is 18.2. The summed E-state index contributed by atoms with van der Waals surface area (Å²) in [5.41, 5.74) is 3.17. The molecule has 0 radical (unpaired) electrons. The molecule has 3 aromatic rings.